The minimum Gasteiger partial charge on any atom is -0.465 e. The van der Waals surface area contributed by atoms with Crippen LogP contribution < -0.4 is 11.1 Å². The van der Waals surface area contributed by atoms with Crippen molar-refractivity contribution in [2.45, 2.75) is 12.5 Å². The van der Waals surface area contributed by atoms with E-state index >= 15 is 0 Å². The molecule has 0 bridgehead atoms. The molecule has 1 aromatic rings. The zero-order chi connectivity index (χ0) is 12.1. The van der Waals surface area contributed by atoms with Crippen molar-refractivity contribution in [2.75, 3.05) is 0 Å². The Morgan fingerprint density at radius 3 is 2.69 bits per heavy atom. The van der Waals surface area contributed by atoms with Gasteiger partial charge in [0.1, 0.15) is 10.6 Å². The third-order valence-corrected chi connectivity index (χ3v) is 2.34. The molecule has 1 rings (SSSR count). The van der Waals surface area contributed by atoms with E-state index in [-0.39, 0.29) is 6.42 Å². The largest absolute Gasteiger partial charge is 0.465 e. The molecule has 86 valence electrons. The SMILES string of the molecule is NC(=O)C(Cc1ccc(Br)nc1)NC(=O)O. The van der Waals surface area contributed by atoms with Gasteiger partial charge in [0.05, 0.1) is 0 Å². The third-order valence-electron chi connectivity index (χ3n) is 1.87. The lowest BCUT2D eigenvalue weighted by molar-refractivity contribution is -0.119. The predicted octanol–water partition coefficient (Wildman–Crippen LogP) is 0.508. The second-order valence-electron chi connectivity index (χ2n) is 3.10. The average Bonchev–Trinajstić information content (AvgIpc) is 2.19. The molecular weight excluding hydrogens is 278 g/mol. The van der Waals surface area contributed by atoms with E-state index in [0.29, 0.717) is 4.60 Å². The number of hydrogen-bond donors (Lipinski definition) is 3. The number of halogens is 1. The number of amides is 2. The quantitative estimate of drug-likeness (QED) is 0.702. The molecule has 0 aliphatic rings. The molecule has 0 saturated carbocycles. The van der Waals surface area contributed by atoms with Crippen molar-refractivity contribution >= 4 is 27.9 Å². The monoisotopic (exact) mass is 287 g/mol. The van der Waals surface area contributed by atoms with Gasteiger partial charge in [0.25, 0.3) is 0 Å². The molecule has 0 aromatic carbocycles. The van der Waals surface area contributed by atoms with Gasteiger partial charge in [-0.3, -0.25) is 4.79 Å². The van der Waals surface area contributed by atoms with Gasteiger partial charge in [-0.2, -0.15) is 0 Å². The van der Waals surface area contributed by atoms with Crippen LogP contribution in [0.15, 0.2) is 22.9 Å². The van der Waals surface area contributed by atoms with Crippen LogP contribution in [0.4, 0.5) is 4.79 Å². The molecule has 1 unspecified atom stereocenters. The Bertz CT molecular complexity index is 393. The summed E-state index contributed by atoms with van der Waals surface area (Å²) in [5.41, 5.74) is 5.79. The van der Waals surface area contributed by atoms with Crippen molar-refractivity contribution in [1.82, 2.24) is 10.3 Å². The molecule has 0 fully saturated rings. The van der Waals surface area contributed by atoms with Crippen molar-refractivity contribution in [3.8, 4) is 0 Å². The fourth-order valence-electron chi connectivity index (χ4n) is 1.13. The zero-order valence-electron chi connectivity index (χ0n) is 8.18. The van der Waals surface area contributed by atoms with E-state index in [4.69, 9.17) is 10.8 Å². The van der Waals surface area contributed by atoms with Crippen LogP contribution in [0.1, 0.15) is 5.56 Å². The van der Waals surface area contributed by atoms with Gasteiger partial charge in [-0.05, 0) is 27.6 Å². The van der Waals surface area contributed by atoms with E-state index in [0.717, 1.165) is 5.56 Å². The molecule has 0 aliphatic heterocycles. The molecule has 0 spiro atoms. The van der Waals surface area contributed by atoms with Crippen LogP contribution >= 0.6 is 15.9 Å². The number of carbonyl (C=O) groups is 2. The number of carboxylic acid groups (broad SMARTS) is 1. The molecule has 0 aliphatic carbocycles. The summed E-state index contributed by atoms with van der Waals surface area (Å²) in [5, 5.41) is 10.6. The van der Waals surface area contributed by atoms with E-state index in [1.165, 1.54) is 0 Å². The van der Waals surface area contributed by atoms with Crippen molar-refractivity contribution in [2.24, 2.45) is 5.73 Å². The van der Waals surface area contributed by atoms with Crippen LogP contribution in [-0.4, -0.2) is 28.1 Å². The van der Waals surface area contributed by atoms with Crippen LogP contribution in [0.2, 0.25) is 0 Å². The Balaban J connectivity index is 2.71. The number of rotatable bonds is 4. The van der Waals surface area contributed by atoms with Crippen LogP contribution in [0, 0.1) is 0 Å². The molecule has 16 heavy (non-hydrogen) atoms. The molecule has 1 atom stereocenters. The molecule has 6 nitrogen and oxygen atoms in total. The minimum absolute atomic E-state index is 0.182. The summed E-state index contributed by atoms with van der Waals surface area (Å²) < 4.78 is 0.665. The first-order chi connectivity index (χ1) is 7.49. The number of hydrogen-bond acceptors (Lipinski definition) is 3. The number of nitrogens with one attached hydrogen (secondary N) is 1. The van der Waals surface area contributed by atoms with E-state index in [2.05, 4.69) is 20.9 Å². The van der Waals surface area contributed by atoms with Gasteiger partial charge in [-0.25, -0.2) is 9.78 Å². The highest BCUT2D eigenvalue weighted by Crippen LogP contribution is 2.08. The van der Waals surface area contributed by atoms with E-state index in [9.17, 15) is 9.59 Å². The minimum atomic E-state index is -1.28. The molecular formula is C9H10BrN3O3. The van der Waals surface area contributed by atoms with Crippen molar-refractivity contribution in [3.05, 3.63) is 28.5 Å². The molecule has 4 N–H and O–H groups in total. The Labute approximate surface area is 100.0 Å². The van der Waals surface area contributed by atoms with Gasteiger partial charge in [0.2, 0.25) is 5.91 Å². The molecule has 7 heteroatoms. The summed E-state index contributed by atoms with van der Waals surface area (Å²) in [6.07, 6.45) is 0.444. The molecule has 0 radical (unpaired) electrons. The standard InChI is InChI=1S/C9H10BrN3O3/c10-7-2-1-5(4-12-7)3-6(8(11)14)13-9(15)16/h1-2,4,6,13H,3H2,(H2,11,14)(H,15,16). The number of pyridine rings is 1. The van der Waals surface area contributed by atoms with Crippen LogP contribution in [0.3, 0.4) is 0 Å². The fourth-order valence-corrected chi connectivity index (χ4v) is 1.37. The number of primary amides is 1. The first-order valence-electron chi connectivity index (χ1n) is 4.38. The number of nitrogens with two attached hydrogens (primary N) is 1. The van der Waals surface area contributed by atoms with Crippen molar-refractivity contribution in [3.63, 3.8) is 0 Å². The number of nitrogens with zero attached hydrogens (tertiary/aromatic N) is 1. The smallest absolute Gasteiger partial charge is 0.405 e. The average molecular weight is 288 g/mol. The summed E-state index contributed by atoms with van der Waals surface area (Å²) in [7, 11) is 0. The Morgan fingerprint density at radius 1 is 1.56 bits per heavy atom. The molecule has 0 saturated heterocycles. The molecule has 1 heterocycles. The fraction of sp³-hybridized carbons (Fsp3) is 0.222. The first-order valence-corrected chi connectivity index (χ1v) is 5.17. The highest BCUT2D eigenvalue weighted by molar-refractivity contribution is 9.10. The maximum Gasteiger partial charge on any atom is 0.405 e. The van der Waals surface area contributed by atoms with E-state index < -0.39 is 18.0 Å². The maximum atomic E-state index is 11.0. The summed E-state index contributed by atoms with van der Waals surface area (Å²) in [6, 6.07) is 2.49. The Kier molecular flexibility index (Phi) is 4.24. The van der Waals surface area contributed by atoms with Crippen molar-refractivity contribution in [1.29, 1.82) is 0 Å². The lowest BCUT2D eigenvalue weighted by atomic mass is 10.1. The second-order valence-corrected chi connectivity index (χ2v) is 3.91. The van der Waals surface area contributed by atoms with Gasteiger partial charge in [0.15, 0.2) is 0 Å². The summed E-state index contributed by atoms with van der Waals surface area (Å²) in [5.74, 6) is -0.717. The highest BCUT2D eigenvalue weighted by atomic mass is 79.9. The number of aromatic nitrogens is 1. The second kappa shape index (κ2) is 5.45. The van der Waals surface area contributed by atoms with Gasteiger partial charge in [-0.1, -0.05) is 6.07 Å². The predicted molar refractivity (Wildman–Crippen MR) is 59.8 cm³/mol. The highest BCUT2D eigenvalue weighted by Gasteiger charge is 2.17. The van der Waals surface area contributed by atoms with Gasteiger partial charge >= 0.3 is 6.09 Å². The molecule has 1 aromatic heterocycles. The maximum absolute atomic E-state index is 11.0. The van der Waals surface area contributed by atoms with Gasteiger partial charge in [-0.15, -0.1) is 0 Å². The van der Waals surface area contributed by atoms with Gasteiger partial charge in [0, 0.05) is 12.6 Å². The normalized spacial score (nSPS) is 11.8. The van der Waals surface area contributed by atoms with E-state index in [1.807, 2.05) is 5.32 Å². The first kappa shape index (κ1) is 12.4. The number of carbonyl (C=O) groups excluding carboxylic acids is 1. The summed E-state index contributed by atoms with van der Waals surface area (Å²) in [6.45, 7) is 0. The topological polar surface area (TPSA) is 105 Å². The Morgan fingerprint density at radius 2 is 2.25 bits per heavy atom. The van der Waals surface area contributed by atoms with Crippen LogP contribution in [0.5, 0.6) is 0 Å². The third kappa shape index (κ3) is 3.85. The van der Waals surface area contributed by atoms with Crippen LogP contribution in [-0.2, 0) is 11.2 Å². The summed E-state index contributed by atoms with van der Waals surface area (Å²) >= 11 is 3.17. The van der Waals surface area contributed by atoms with Crippen LogP contribution in [0.25, 0.3) is 0 Å². The van der Waals surface area contributed by atoms with Crippen molar-refractivity contribution < 1.29 is 14.7 Å². The molecule has 2 amide bonds. The van der Waals surface area contributed by atoms with Gasteiger partial charge < -0.3 is 16.2 Å². The lowest BCUT2D eigenvalue weighted by Gasteiger charge is -2.12. The summed E-state index contributed by atoms with van der Waals surface area (Å²) in [4.78, 5) is 25.3. The zero-order valence-corrected chi connectivity index (χ0v) is 9.77. The lowest BCUT2D eigenvalue weighted by Crippen LogP contribution is -2.45. The Hall–Kier alpha value is -1.63. The van der Waals surface area contributed by atoms with E-state index in [1.54, 1.807) is 18.3 Å².